The number of fused-ring (bicyclic) bond motifs is 1. The van der Waals surface area contributed by atoms with Crippen molar-refractivity contribution >= 4 is 28.4 Å². The maximum Gasteiger partial charge on any atom is 0.208 e. The average Bonchev–Trinajstić information content (AvgIpc) is 3.70. The first-order valence-corrected chi connectivity index (χ1v) is 14.1. The van der Waals surface area contributed by atoms with Gasteiger partial charge in [0.15, 0.2) is 6.30 Å². The number of rotatable bonds is 7. The van der Waals surface area contributed by atoms with Crippen molar-refractivity contribution in [3.8, 4) is 11.8 Å². The number of hydrogen-bond acceptors (Lipinski definition) is 4. The van der Waals surface area contributed by atoms with E-state index < -0.39 is 6.30 Å². The second-order valence-electron chi connectivity index (χ2n) is 10.8. The third-order valence-corrected chi connectivity index (χ3v) is 7.79. The first-order chi connectivity index (χ1) is 19.5. The summed E-state index contributed by atoms with van der Waals surface area (Å²) in [6, 6.07) is 20.0. The van der Waals surface area contributed by atoms with E-state index >= 15 is 0 Å². The lowest BCUT2D eigenvalue weighted by Gasteiger charge is -2.34. The number of imidazole rings is 1. The summed E-state index contributed by atoms with van der Waals surface area (Å²) < 4.78 is 30.1. The Morgan fingerprint density at radius 2 is 1.85 bits per heavy atom. The Hall–Kier alpha value is -4.18. The Balaban J connectivity index is 1.18. The zero-order chi connectivity index (χ0) is 27.6. The van der Waals surface area contributed by atoms with Gasteiger partial charge in [0.2, 0.25) is 5.95 Å². The van der Waals surface area contributed by atoms with Gasteiger partial charge < -0.3 is 10.2 Å². The van der Waals surface area contributed by atoms with Crippen LogP contribution in [-0.4, -0.2) is 34.4 Å². The first-order valence-electron chi connectivity index (χ1n) is 14.1. The average molecular weight is 538 g/mol. The molecule has 2 fully saturated rings. The second kappa shape index (κ2) is 11.1. The highest BCUT2D eigenvalue weighted by molar-refractivity contribution is 6.12. The largest absolute Gasteiger partial charge is 0.382 e. The number of para-hydroxylation sites is 2. The van der Waals surface area contributed by atoms with E-state index in [1.54, 1.807) is 23.6 Å². The zero-order valence-electron chi connectivity index (χ0n) is 22.6. The SMILES string of the molecule is CC(F)n1c(N2CCC(Nc3ccc(C(=N)c4cccc(F)c4)c(C#CCC4CC4)c3)CC2)nc2ccccc21. The van der Waals surface area contributed by atoms with Gasteiger partial charge in [-0.3, -0.25) is 9.98 Å². The van der Waals surface area contributed by atoms with Crippen LogP contribution < -0.4 is 10.2 Å². The molecule has 1 unspecified atom stereocenters. The summed E-state index contributed by atoms with van der Waals surface area (Å²) in [6.45, 7) is 3.09. The second-order valence-corrected chi connectivity index (χ2v) is 10.8. The quantitative estimate of drug-likeness (QED) is 0.192. The summed E-state index contributed by atoms with van der Waals surface area (Å²) in [7, 11) is 0. The highest BCUT2D eigenvalue weighted by Gasteiger charge is 2.25. The summed E-state index contributed by atoms with van der Waals surface area (Å²) in [6.07, 6.45) is 3.94. The van der Waals surface area contributed by atoms with Crippen molar-refractivity contribution in [1.82, 2.24) is 9.55 Å². The van der Waals surface area contributed by atoms with Crippen LogP contribution in [0.15, 0.2) is 66.7 Å². The van der Waals surface area contributed by atoms with Gasteiger partial charge in [-0.15, -0.1) is 0 Å². The first kappa shape index (κ1) is 26.1. The zero-order valence-corrected chi connectivity index (χ0v) is 22.6. The number of anilines is 2. The fourth-order valence-electron chi connectivity index (χ4n) is 5.43. The number of halogens is 2. The number of aromatic nitrogens is 2. The predicted octanol–water partition coefficient (Wildman–Crippen LogP) is 7.31. The van der Waals surface area contributed by atoms with Crippen molar-refractivity contribution in [1.29, 1.82) is 5.41 Å². The Labute approximate surface area is 233 Å². The molecule has 1 saturated carbocycles. The molecular weight excluding hydrogens is 504 g/mol. The van der Waals surface area contributed by atoms with Crippen molar-refractivity contribution in [3.05, 3.63) is 89.2 Å². The van der Waals surface area contributed by atoms with Crippen molar-refractivity contribution in [2.24, 2.45) is 5.92 Å². The van der Waals surface area contributed by atoms with E-state index in [4.69, 9.17) is 10.4 Å². The van der Waals surface area contributed by atoms with Crippen LogP contribution in [0.3, 0.4) is 0 Å². The minimum absolute atomic E-state index is 0.248. The van der Waals surface area contributed by atoms with E-state index in [0.717, 1.165) is 54.6 Å². The third kappa shape index (κ3) is 5.58. The summed E-state index contributed by atoms with van der Waals surface area (Å²) in [5, 5.41) is 12.4. The molecule has 1 aromatic heterocycles. The molecule has 0 radical (unpaired) electrons. The number of piperidine rings is 1. The van der Waals surface area contributed by atoms with Gasteiger partial charge in [-0.05, 0) is 81.0 Å². The maximum absolute atomic E-state index is 14.6. The highest BCUT2D eigenvalue weighted by Crippen LogP contribution is 2.32. The van der Waals surface area contributed by atoms with Crippen molar-refractivity contribution < 1.29 is 8.78 Å². The molecule has 5 nitrogen and oxygen atoms in total. The lowest BCUT2D eigenvalue weighted by atomic mass is 9.96. The summed E-state index contributed by atoms with van der Waals surface area (Å²) in [5.41, 5.74) is 4.85. The standard InChI is InChI=1S/C33H33F2N5/c1-22(34)40-31-11-3-2-10-30(31)38-33(40)39-18-16-27(17-19-39)37-28-14-15-29(24(21-28)7-4-6-23-12-13-23)32(36)25-8-5-9-26(35)20-25/h2-3,5,8-11,14-15,20-23,27,36-37H,6,12-13,16-19H2,1H3. The van der Waals surface area contributed by atoms with Crippen LogP contribution in [0.2, 0.25) is 0 Å². The Morgan fingerprint density at radius 1 is 1.05 bits per heavy atom. The predicted molar refractivity (Wildman–Crippen MR) is 157 cm³/mol. The minimum Gasteiger partial charge on any atom is -0.382 e. The van der Waals surface area contributed by atoms with E-state index in [-0.39, 0.29) is 17.6 Å². The molecule has 7 heteroatoms. The van der Waals surface area contributed by atoms with Crippen LogP contribution in [0, 0.1) is 29.0 Å². The molecular formula is C33H33F2N5. The minimum atomic E-state index is -1.16. The number of benzene rings is 3. The van der Waals surface area contributed by atoms with E-state index in [0.29, 0.717) is 23.0 Å². The number of hydrogen-bond donors (Lipinski definition) is 2. The maximum atomic E-state index is 14.6. The number of nitrogens with one attached hydrogen (secondary N) is 2. The third-order valence-electron chi connectivity index (χ3n) is 7.79. The molecule has 0 bridgehead atoms. The molecule has 1 aliphatic heterocycles. The van der Waals surface area contributed by atoms with Gasteiger partial charge in [0.1, 0.15) is 5.82 Å². The number of nitrogens with zero attached hydrogens (tertiary/aromatic N) is 3. The van der Waals surface area contributed by atoms with Crippen molar-refractivity contribution in [2.75, 3.05) is 23.3 Å². The van der Waals surface area contributed by atoms with Gasteiger partial charge in [-0.25, -0.2) is 13.8 Å². The summed E-state index contributed by atoms with van der Waals surface area (Å²) in [5.74, 6) is 7.63. The molecule has 0 spiro atoms. The van der Waals surface area contributed by atoms with Gasteiger partial charge in [0.25, 0.3) is 0 Å². The molecule has 0 amide bonds. The molecule has 204 valence electrons. The van der Waals surface area contributed by atoms with Gasteiger partial charge in [-0.1, -0.05) is 36.1 Å². The molecule has 2 heterocycles. The Morgan fingerprint density at radius 3 is 2.60 bits per heavy atom. The molecule has 1 aliphatic carbocycles. The van der Waals surface area contributed by atoms with Crippen LogP contribution in [0.5, 0.6) is 0 Å². The fourth-order valence-corrected chi connectivity index (χ4v) is 5.43. The van der Waals surface area contributed by atoms with Gasteiger partial charge in [0.05, 0.1) is 16.7 Å². The topological polar surface area (TPSA) is 56.9 Å². The van der Waals surface area contributed by atoms with Gasteiger partial charge in [-0.2, -0.15) is 0 Å². The summed E-state index contributed by atoms with van der Waals surface area (Å²) in [4.78, 5) is 6.92. The van der Waals surface area contributed by atoms with Crippen LogP contribution >= 0.6 is 0 Å². The molecule has 2 N–H and O–H groups in total. The van der Waals surface area contributed by atoms with E-state index in [1.165, 1.54) is 25.0 Å². The molecule has 6 rings (SSSR count). The molecule has 40 heavy (non-hydrogen) atoms. The van der Waals surface area contributed by atoms with Crippen LogP contribution in [0.25, 0.3) is 11.0 Å². The Kier molecular flexibility index (Phi) is 7.25. The van der Waals surface area contributed by atoms with Crippen molar-refractivity contribution in [2.45, 2.75) is 51.4 Å². The van der Waals surface area contributed by atoms with Crippen LogP contribution in [0.1, 0.15) is 62.0 Å². The van der Waals surface area contributed by atoms with Gasteiger partial charge in [0, 0.05) is 47.9 Å². The van der Waals surface area contributed by atoms with E-state index in [1.807, 2.05) is 42.5 Å². The van der Waals surface area contributed by atoms with Crippen LogP contribution in [0.4, 0.5) is 20.4 Å². The molecule has 4 aromatic rings. The normalized spacial score (nSPS) is 16.4. The highest BCUT2D eigenvalue weighted by atomic mass is 19.1. The Bertz CT molecular complexity index is 1600. The molecule has 3 aromatic carbocycles. The molecule has 1 saturated heterocycles. The lowest BCUT2D eigenvalue weighted by molar-refractivity contribution is 0.274. The van der Waals surface area contributed by atoms with Crippen molar-refractivity contribution in [3.63, 3.8) is 0 Å². The van der Waals surface area contributed by atoms with E-state index in [2.05, 4.69) is 22.1 Å². The summed E-state index contributed by atoms with van der Waals surface area (Å²) >= 11 is 0. The monoisotopic (exact) mass is 537 g/mol. The van der Waals surface area contributed by atoms with Crippen LogP contribution in [-0.2, 0) is 0 Å². The van der Waals surface area contributed by atoms with Gasteiger partial charge >= 0.3 is 0 Å². The molecule has 1 atom stereocenters. The molecule has 2 aliphatic rings. The lowest BCUT2D eigenvalue weighted by Crippen LogP contribution is -2.40. The number of alkyl halides is 1. The fraction of sp³-hybridized carbons (Fsp3) is 0.333. The smallest absolute Gasteiger partial charge is 0.208 e. The van der Waals surface area contributed by atoms with E-state index in [9.17, 15) is 8.78 Å².